The minimum absolute atomic E-state index is 0.201. The van der Waals surface area contributed by atoms with Crippen molar-refractivity contribution in [2.24, 2.45) is 0 Å². The number of anilines is 1. The molecule has 3 aromatic carbocycles. The summed E-state index contributed by atoms with van der Waals surface area (Å²) in [4.78, 5) is 26.2. The van der Waals surface area contributed by atoms with Gasteiger partial charge in [-0.25, -0.2) is 4.79 Å². The largest absolute Gasteiger partial charge is 0.507 e. The second-order valence-corrected chi connectivity index (χ2v) is 9.10. The molecule has 3 aromatic rings. The third-order valence-electron chi connectivity index (χ3n) is 6.11. The van der Waals surface area contributed by atoms with Crippen molar-refractivity contribution in [2.75, 3.05) is 11.5 Å². The third kappa shape index (κ3) is 9.01. The number of carboxylic acid groups (broad SMARTS) is 1. The van der Waals surface area contributed by atoms with E-state index in [4.69, 9.17) is 4.74 Å². The molecule has 1 amide bonds. The van der Waals surface area contributed by atoms with Crippen molar-refractivity contribution in [2.45, 2.75) is 58.4 Å². The van der Waals surface area contributed by atoms with Gasteiger partial charge in [-0.15, -0.1) is 0 Å². The molecule has 0 bridgehead atoms. The maximum atomic E-state index is 13.2. The lowest BCUT2D eigenvalue weighted by Gasteiger charge is -2.24. The number of unbranched alkanes of at least 4 members (excludes halogenated alkanes) is 6. The number of carboxylic acids is 1. The van der Waals surface area contributed by atoms with Crippen molar-refractivity contribution < 1.29 is 24.5 Å². The van der Waals surface area contributed by atoms with Gasteiger partial charge in [-0.2, -0.15) is 0 Å². The average molecular weight is 514 g/mol. The number of para-hydroxylation sites is 1. The summed E-state index contributed by atoms with van der Waals surface area (Å²) in [5.74, 6) is 5.01. The number of rotatable bonds is 13. The molecule has 0 spiro atoms. The highest BCUT2D eigenvalue weighted by Crippen LogP contribution is 2.26. The first-order valence-corrected chi connectivity index (χ1v) is 13.1. The van der Waals surface area contributed by atoms with E-state index in [1.54, 1.807) is 12.1 Å². The molecule has 0 saturated heterocycles. The first-order valence-electron chi connectivity index (χ1n) is 13.1. The van der Waals surface area contributed by atoms with Gasteiger partial charge in [-0.1, -0.05) is 81.2 Å². The number of hydrogen-bond donors (Lipinski definition) is 2. The lowest BCUT2D eigenvalue weighted by Crippen LogP contribution is -2.34. The first-order chi connectivity index (χ1) is 18.5. The minimum Gasteiger partial charge on any atom is -0.507 e. The topological polar surface area (TPSA) is 87.1 Å². The Morgan fingerprint density at radius 2 is 1.61 bits per heavy atom. The van der Waals surface area contributed by atoms with Crippen LogP contribution in [0.3, 0.4) is 0 Å². The third-order valence-corrected chi connectivity index (χ3v) is 6.11. The fourth-order valence-corrected chi connectivity index (χ4v) is 3.96. The highest BCUT2D eigenvalue weighted by atomic mass is 16.5. The second kappa shape index (κ2) is 15.1. The van der Waals surface area contributed by atoms with Crippen molar-refractivity contribution in [3.05, 3.63) is 89.5 Å². The van der Waals surface area contributed by atoms with E-state index in [0.717, 1.165) is 24.0 Å². The Labute approximate surface area is 224 Å². The summed E-state index contributed by atoms with van der Waals surface area (Å²) < 4.78 is 5.64. The van der Waals surface area contributed by atoms with Crippen LogP contribution in [0.1, 0.15) is 73.4 Å². The van der Waals surface area contributed by atoms with Gasteiger partial charge in [0, 0.05) is 17.7 Å². The van der Waals surface area contributed by atoms with Crippen LogP contribution in [0.25, 0.3) is 0 Å². The number of nitrogens with zero attached hydrogens (tertiary/aromatic N) is 1. The number of hydrogen-bond acceptors (Lipinski definition) is 4. The minimum atomic E-state index is -1.28. The van der Waals surface area contributed by atoms with Crippen LogP contribution >= 0.6 is 0 Å². The summed E-state index contributed by atoms with van der Waals surface area (Å²) >= 11 is 0. The standard InChI is InChI=1S/C32H35NO5/c1-2-3-4-5-6-7-8-10-13-25-16-18-26(19-17-25)23-33(27-20-21-30(34)29(22-27)32(36)37)31(35)24-38-28-14-11-9-12-15-28/h9,11-12,14-22,34H,2-8,23-24H2,1H3,(H,36,37). The van der Waals surface area contributed by atoms with Gasteiger partial charge in [0.25, 0.3) is 5.91 Å². The molecule has 0 aliphatic heterocycles. The van der Waals surface area contributed by atoms with Crippen LogP contribution in [-0.2, 0) is 11.3 Å². The smallest absolute Gasteiger partial charge is 0.339 e. The number of phenols is 1. The fourth-order valence-electron chi connectivity index (χ4n) is 3.96. The van der Waals surface area contributed by atoms with Gasteiger partial charge in [0.05, 0.1) is 6.54 Å². The predicted octanol–water partition coefficient (Wildman–Crippen LogP) is 6.80. The molecule has 0 fully saturated rings. The van der Waals surface area contributed by atoms with Crippen molar-refractivity contribution in [1.82, 2.24) is 0 Å². The van der Waals surface area contributed by atoms with Crippen molar-refractivity contribution in [3.63, 3.8) is 0 Å². The van der Waals surface area contributed by atoms with Crippen LogP contribution in [0.15, 0.2) is 72.8 Å². The van der Waals surface area contributed by atoms with E-state index in [0.29, 0.717) is 11.4 Å². The fraction of sp³-hybridized carbons (Fsp3) is 0.312. The number of ether oxygens (including phenoxy) is 1. The van der Waals surface area contributed by atoms with Gasteiger partial charge in [-0.05, 0) is 54.4 Å². The molecule has 3 rings (SSSR count). The van der Waals surface area contributed by atoms with Crippen LogP contribution in [-0.4, -0.2) is 28.7 Å². The van der Waals surface area contributed by atoms with E-state index in [1.807, 2.05) is 42.5 Å². The number of aromatic hydroxyl groups is 1. The lowest BCUT2D eigenvalue weighted by molar-refractivity contribution is -0.120. The molecule has 0 aromatic heterocycles. The highest BCUT2D eigenvalue weighted by Gasteiger charge is 2.20. The zero-order valence-corrected chi connectivity index (χ0v) is 21.9. The first kappa shape index (κ1) is 28.3. The molecule has 0 heterocycles. The zero-order chi connectivity index (χ0) is 27.2. The maximum Gasteiger partial charge on any atom is 0.339 e. The Balaban J connectivity index is 1.69. The quantitative estimate of drug-likeness (QED) is 0.194. The molecule has 0 radical (unpaired) electrons. The van der Waals surface area contributed by atoms with Gasteiger partial charge in [0.1, 0.15) is 17.1 Å². The lowest BCUT2D eigenvalue weighted by atomic mass is 10.1. The molecule has 2 N–H and O–H groups in total. The van der Waals surface area contributed by atoms with Gasteiger partial charge < -0.3 is 19.8 Å². The van der Waals surface area contributed by atoms with Crippen molar-refractivity contribution >= 4 is 17.6 Å². The van der Waals surface area contributed by atoms with E-state index in [9.17, 15) is 19.8 Å². The van der Waals surface area contributed by atoms with Crippen LogP contribution < -0.4 is 9.64 Å². The summed E-state index contributed by atoms with van der Waals surface area (Å²) in [6.45, 7) is 2.19. The molecule has 6 nitrogen and oxygen atoms in total. The molecule has 198 valence electrons. The zero-order valence-electron chi connectivity index (χ0n) is 21.9. The molecule has 0 aliphatic rings. The predicted molar refractivity (Wildman–Crippen MR) is 150 cm³/mol. The molecule has 0 atom stereocenters. The Kier molecular flexibility index (Phi) is 11.3. The molecule has 0 saturated carbocycles. The SMILES string of the molecule is CCCCCCCCC#Cc1ccc(CN(C(=O)COc2ccccc2)c2ccc(O)c(C(=O)O)c2)cc1. The Morgan fingerprint density at radius 1 is 0.895 bits per heavy atom. The number of carbonyl (C=O) groups excluding carboxylic acids is 1. The summed E-state index contributed by atoms with van der Waals surface area (Å²) in [6, 6.07) is 20.7. The Morgan fingerprint density at radius 3 is 2.32 bits per heavy atom. The number of amides is 1. The summed E-state index contributed by atoms with van der Waals surface area (Å²) in [5, 5.41) is 19.4. The van der Waals surface area contributed by atoms with E-state index in [2.05, 4.69) is 18.8 Å². The highest BCUT2D eigenvalue weighted by molar-refractivity contribution is 5.97. The van der Waals surface area contributed by atoms with E-state index >= 15 is 0 Å². The van der Waals surface area contributed by atoms with Crippen molar-refractivity contribution in [3.8, 4) is 23.3 Å². The number of carbonyl (C=O) groups is 2. The molecular weight excluding hydrogens is 478 g/mol. The maximum absolute atomic E-state index is 13.2. The number of benzene rings is 3. The van der Waals surface area contributed by atoms with Gasteiger partial charge in [0.15, 0.2) is 6.61 Å². The molecule has 0 aliphatic carbocycles. The normalized spacial score (nSPS) is 10.3. The van der Waals surface area contributed by atoms with Crippen LogP contribution in [0.4, 0.5) is 5.69 Å². The number of aromatic carboxylic acids is 1. The second-order valence-electron chi connectivity index (χ2n) is 9.10. The molecular formula is C32H35NO5. The van der Waals surface area contributed by atoms with Crippen LogP contribution in [0.5, 0.6) is 11.5 Å². The summed E-state index contributed by atoms with van der Waals surface area (Å²) in [5.41, 5.74) is 1.83. The average Bonchev–Trinajstić information content (AvgIpc) is 2.93. The summed E-state index contributed by atoms with van der Waals surface area (Å²) in [7, 11) is 0. The van der Waals surface area contributed by atoms with Crippen LogP contribution in [0, 0.1) is 11.8 Å². The van der Waals surface area contributed by atoms with Crippen molar-refractivity contribution in [1.29, 1.82) is 0 Å². The Hall–Kier alpha value is -4.24. The summed E-state index contributed by atoms with van der Waals surface area (Å²) in [6.07, 6.45) is 8.32. The van der Waals surface area contributed by atoms with Gasteiger partial charge in [-0.3, -0.25) is 4.79 Å². The molecule has 6 heteroatoms. The van der Waals surface area contributed by atoms with Crippen LogP contribution in [0.2, 0.25) is 0 Å². The van der Waals surface area contributed by atoms with Gasteiger partial charge in [0.2, 0.25) is 0 Å². The van der Waals surface area contributed by atoms with E-state index < -0.39 is 5.97 Å². The van der Waals surface area contributed by atoms with E-state index in [1.165, 1.54) is 55.2 Å². The molecule has 38 heavy (non-hydrogen) atoms. The monoisotopic (exact) mass is 513 g/mol. The van der Waals surface area contributed by atoms with E-state index in [-0.39, 0.29) is 30.4 Å². The molecule has 0 unspecified atom stereocenters. The Bertz CT molecular complexity index is 1240. The van der Waals surface area contributed by atoms with Gasteiger partial charge >= 0.3 is 5.97 Å².